The highest BCUT2D eigenvalue weighted by Gasteiger charge is 2.11. The molecule has 0 aliphatic heterocycles. The van der Waals surface area contributed by atoms with Gasteiger partial charge in [0.2, 0.25) is 5.89 Å². The highest BCUT2D eigenvalue weighted by Crippen LogP contribution is 2.24. The standard InChI is InChI=1S/C17H14BrN3O2/c1-10-11(2)23-17(20-10)12-4-3-5-15(7-12)21-16(22)13-6-14(18)9-19-8-13/h3-9H,1-2H3,(H,21,22). The fourth-order valence-electron chi connectivity index (χ4n) is 2.07. The van der Waals surface area contributed by atoms with E-state index in [0.29, 0.717) is 17.1 Å². The van der Waals surface area contributed by atoms with Gasteiger partial charge in [0.05, 0.1) is 11.3 Å². The van der Waals surface area contributed by atoms with E-state index >= 15 is 0 Å². The van der Waals surface area contributed by atoms with Crippen LogP contribution in [0.4, 0.5) is 5.69 Å². The van der Waals surface area contributed by atoms with Crippen LogP contribution in [0.25, 0.3) is 11.5 Å². The van der Waals surface area contributed by atoms with Gasteiger partial charge in [0.15, 0.2) is 0 Å². The molecule has 1 amide bonds. The van der Waals surface area contributed by atoms with Crippen LogP contribution in [0.15, 0.2) is 51.6 Å². The van der Waals surface area contributed by atoms with Crippen molar-refractivity contribution in [2.45, 2.75) is 13.8 Å². The zero-order valence-corrected chi connectivity index (χ0v) is 14.2. The highest BCUT2D eigenvalue weighted by atomic mass is 79.9. The molecule has 116 valence electrons. The average Bonchev–Trinajstić information content (AvgIpc) is 2.87. The maximum absolute atomic E-state index is 12.3. The number of halogens is 1. The summed E-state index contributed by atoms with van der Waals surface area (Å²) >= 11 is 3.30. The second-order valence-corrected chi connectivity index (χ2v) is 6.00. The maximum Gasteiger partial charge on any atom is 0.257 e. The first-order valence-electron chi connectivity index (χ1n) is 6.99. The van der Waals surface area contributed by atoms with E-state index in [-0.39, 0.29) is 5.91 Å². The van der Waals surface area contributed by atoms with Crippen LogP contribution in [0.1, 0.15) is 21.8 Å². The van der Waals surface area contributed by atoms with E-state index in [2.05, 4.69) is 31.2 Å². The van der Waals surface area contributed by atoms with Crippen LogP contribution in [0.3, 0.4) is 0 Å². The number of aromatic nitrogens is 2. The fraction of sp³-hybridized carbons (Fsp3) is 0.118. The van der Waals surface area contributed by atoms with Gasteiger partial charge in [0, 0.05) is 28.1 Å². The molecule has 0 saturated carbocycles. The van der Waals surface area contributed by atoms with E-state index in [1.54, 1.807) is 12.3 Å². The summed E-state index contributed by atoms with van der Waals surface area (Å²) in [6.07, 6.45) is 3.15. The van der Waals surface area contributed by atoms with Gasteiger partial charge in [-0.3, -0.25) is 9.78 Å². The quantitative estimate of drug-likeness (QED) is 0.742. The summed E-state index contributed by atoms with van der Waals surface area (Å²) in [5.41, 5.74) is 2.81. The molecule has 0 bridgehead atoms. The fourth-order valence-corrected chi connectivity index (χ4v) is 2.43. The molecule has 1 N–H and O–H groups in total. The molecule has 23 heavy (non-hydrogen) atoms. The molecule has 0 aliphatic rings. The number of benzene rings is 1. The minimum atomic E-state index is -0.226. The van der Waals surface area contributed by atoms with Crippen LogP contribution in [-0.2, 0) is 0 Å². The Hall–Kier alpha value is -2.47. The van der Waals surface area contributed by atoms with Gasteiger partial charge in [-0.2, -0.15) is 0 Å². The van der Waals surface area contributed by atoms with Gasteiger partial charge in [-0.15, -0.1) is 0 Å². The number of nitrogens with zero attached hydrogens (tertiary/aromatic N) is 2. The Balaban J connectivity index is 1.84. The van der Waals surface area contributed by atoms with Crippen molar-refractivity contribution in [2.75, 3.05) is 5.32 Å². The third kappa shape index (κ3) is 3.48. The lowest BCUT2D eigenvalue weighted by Crippen LogP contribution is -2.12. The molecule has 3 aromatic rings. The molecule has 0 saturated heterocycles. The van der Waals surface area contributed by atoms with Crippen LogP contribution in [0.5, 0.6) is 0 Å². The van der Waals surface area contributed by atoms with Crippen molar-refractivity contribution in [3.05, 3.63) is 64.2 Å². The van der Waals surface area contributed by atoms with Crippen molar-refractivity contribution in [3.8, 4) is 11.5 Å². The molecule has 0 spiro atoms. The van der Waals surface area contributed by atoms with E-state index in [1.165, 1.54) is 6.20 Å². The van der Waals surface area contributed by atoms with Gasteiger partial charge in [0.25, 0.3) is 5.91 Å². The molecule has 0 atom stereocenters. The summed E-state index contributed by atoms with van der Waals surface area (Å²) in [7, 11) is 0. The predicted octanol–water partition coefficient (Wildman–Crippen LogP) is 4.37. The predicted molar refractivity (Wildman–Crippen MR) is 91.3 cm³/mol. The number of hydrogen-bond donors (Lipinski definition) is 1. The molecule has 6 heteroatoms. The number of carbonyl (C=O) groups is 1. The van der Waals surface area contributed by atoms with Crippen molar-refractivity contribution in [3.63, 3.8) is 0 Å². The van der Waals surface area contributed by atoms with Crippen molar-refractivity contribution in [1.82, 2.24) is 9.97 Å². The Bertz CT molecular complexity index is 854. The Kier molecular flexibility index (Phi) is 4.25. The van der Waals surface area contributed by atoms with Gasteiger partial charge >= 0.3 is 0 Å². The molecule has 0 unspecified atom stereocenters. The summed E-state index contributed by atoms with van der Waals surface area (Å²) in [5, 5.41) is 2.85. The van der Waals surface area contributed by atoms with Gasteiger partial charge in [-0.25, -0.2) is 4.98 Å². The van der Waals surface area contributed by atoms with Crippen LogP contribution >= 0.6 is 15.9 Å². The van der Waals surface area contributed by atoms with Crippen LogP contribution < -0.4 is 5.32 Å². The summed E-state index contributed by atoms with van der Waals surface area (Å²) in [6, 6.07) is 9.09. The molecule has 2 aromatic heterocycles. The minimum absolute atomic E-state index is 0.226. The van der Waals surface area contributed by atoms with Gasteiger partial charge in [-0.05, 0) is 54.0 Å². The van der Waals surface area contributed by atoms with E-state index in [1.807, 2.05) is 38.1 Å². The molecular formula is C17H14BrN3O2. The molecule has 2 heterocycles. The lowest BCUT2D eigenvalue weighted by molar-refractivity contribution is 0.102. The first-order chi connectivity index (χ1) is 11.0. The Labute approximate surface area is 141 Å². The summed E-state index contributed by atoms with van der Waals surface area (Å²) in [5.74, 6) is 1.10. The first-order valence-corrected chi connectivity index (χ1v) is 7.78. The lowest BCUT2D eigenvalue weighted by atomic mass is 10.2. The van der Waals surface area contributed by atoms with Crippen LogP contribution in [0.2, 0.25) is 0 Å². The first kappa shape index (κ1) is 15.4. The third-order valence-corrected chi connectivity index (χ3v) is 3.80. The van der Waals surface area contributed by atoms with E-state index in [9.17, 15) is 4.79 Å². The number of amides is 1. The van der Waals surface area contributed by atoms with Crippen molar-refractivity contribution < 1.29 is 9.21 Å². The number of carbonyl (C=O) groups excluding carboxylic acids is 1. The van der Waals surface area contributed by atoms with Gasteiger partial charge in [-0.1, -0.05) is 6.07 Å². The van der Waals surface area contributed by atoms with Crippen molar-refractivity contribution >= 4 is 27.5 Å². The number of anilines is 1. The SMILES string of the molecule is Cc1nc(-c2cccc(NC(=O)c3cncc(Br)c3)c2)oc1C. The Morgan fingerprint density at radius 1 is 1.22 bits per heavy atom. The molecule has 0 radical (unpaired) electrons. The molecule has 0 fully saturated rings. The summed E-state index contributed by atoms with van der Waals surface area (Å²) in [6.45, 7) is 3.77. The molecule has 3 rings (SSSR count). The second-order valence-electron chi connectivity index (χ2n) is 5.09. The van der Waals surface area contributed by atoms with Crippen LogP contribution in [0, 0.1) is 13.8 Å². The smallest absolute Gasteiger partial charge is 0.257 e. The monoisotopic (exact) mass is 371 g/mol. The van der Waals surface area contributed by atoms with E-state index in [4.69, 9.17) is 4.42 Å². The number of oxazole rings is 1. The Morgan fingerprint density at radius 2 is 2.04 bits per heavy atom. The number of aryl methyl sites for hydroxylation is 2. The molecule has 0 aliphatic carbocycles. The van der Waals surface area contributed by atoms with E-state index in [0.717, 1.165) is 21.5 Å². The molecule has 5 nitrogen and oxygen atoms in total. The zero-order chi connectivity index (χ0) is 16.4. The zero-order valence-electron chi connectivity index (χ0n) is 12.6. The van der Waals surface area contributed by atoms with Crippen molar-refractivity contribution in [1.29, 1.82) is 0 Å². The summed E-state index contributed by atoms with van der Waals surface area (Å²) < 4.78 is 6.37. The third-order valence-electron chi connectivity index (χ3n) is 3.36. The second kappa shape index (κ2) is 6.34. The highest BCUT2D eigenvalue weighted by molar-refractivity contribution is 9.10. The lowest BCUT2D eigenvalue weighted by Gasteiger charge is -2.06. The molecule has 1 aromatic carbocycles. The Morgan fingerprint density at radius 3 is 2.74 bits per heavy atom. The normalized spacial score (nSPS) is 10.6. The minimum Gasteiger partial charge on any atom is -0.441 e. The topological polar surface area (TPSA) is 68.0 Å². The number of nitrogens with one attached hydrogen (secondary N) is 1. The van der Waals surface area contributed by atoms with Gasteiger partial charge in [0.1, 0.15) is 5.76 Å². The van der Waals surface area contributed by atoms with E-state index < -0.39 is 0 Å². The van der Waals surface area contributed by atoms with Gasteiger partial charge < -0.3 is 9.73 Å². The number of hydrogen-bond acceptors (Lipinski definition) is 4. The van der Waals surface area contributed by atoms with Crippen LogP contribution in [-0.4, -0.2) is 15.9 Å². The average molecular weight is 372 g/mol. The maximum atomic E-state index is 12.3. The number of pyridine rings is 1. The van der Waals surface area contributed by atoms with Crippen molar-refractivity contribution in [2.24, 2.45) is 0 Å². The summed E-state index contributed by atoms with van der Waals surface area (Å²) in [4.78, 5) is 20.6. The number of rotatable bonds is 3. The molecular weight excluding hydrogens is 358 g/mol. The largest absolute Gasteiger partial charge is 0.441 e.